The molecule has 0 spiro atoms. The number of nitrogens with zero attached hydrogens (tertiary/aromatic N) is 1. The number of aryl methyl sites for hydroxylation is 1. The lowest BCUT2D eigenvalue weighted by Gasteiger charge is -2.31. The summed E-state index contributed by atoms with van der Waals surface area (Å²) in [5, 5.41) is 2.87. The predicted octanol–water partition coefficient (Wildman–Crippen LogP) is 4.84. The molecule has 1 N–H and O–H groups in total. The highest BCUT2D eigenvalue weighted by atomic mass is 79.9. The van der Waals surface area contributed by atoms with Crippen LogP contribution < -0.4 is 9.62 Å². The molecule has 0 saturated heterocycles. The van der Waals surface area contributed by atoms with Crippen LogP contribution in [0.25, 0.3) is 0 Å². The Morgan fingerprint density at radius 2 is 1.76 bits per heavy atom. The van der Waals surface area contributed by atoms with E-state index in [1.165, 1.54) is 4.31 Å². The minimum absolute atomic E-state index is 0.250. The molecule has 0 bridgehead atoms. The minimum Gasteiger partial charge on any atom is -0.322 e. The molecule has 0 fully saturated rings. The van der Waals surface area contributed by atoms with Crippen LogP contribution in [0, 0.1) is 0 Å². The van der Waals surface area contributed by atoms with Crippen LogP contribution in [0.2, 0.25) is 0 Å². The Balaban J connectivity index is 1.66. The molecule has 1 heterocycles. The summed E-state index contributed by atoms with van der Waals surface area (Å²) in [6, 6.07) is 21.0. The summed E-state index contributed by atoms with van der Waals surface area (Å²) in [6.45, 7) is 0.410. The van der Waals surface area contributed by atoms with Gasteiger partial charge in [-0.2, -0.15) is 0 Å². The zero-order valence-electron chi connectivity index (χ0n) is 15.5. The molecule has 1 aliphatic heterocycles. The third-order valence-corrected chi connectivity index (χ3v) is 7.16. The first kappa shape index (κ1) is 19.7. The molecule has 1 amide bonds. The number of rotatable bonds is 4. The minimum atomic E-state index is -3.66. The average Bonchev–Trinajstić information content (AvgIpc) is 2.74. The van der Waals surface area contributed by atoms with Crippen molar-refractivity contribution in [3.63, 3.8) is 0 Å². The molecule has 3 aromatic rings. The van der Waals surface area contributed by atoms with Crippen molar-refractivity contribution in [1.82, 2.24) is 0 Å². The van der Waals surface area contributed by atoms with E-state index in [1.807, 2.05) is 18.2 Å². The Morgan fingerprint density at radius 3 is 2.52 bits per heavy atom. The number of amides is 1. The maximum absolute atomic E-state index is 13.2. The zero-order valence-corrected chi connectivity index (χ0v) is 17.9. The first-order valence-electron chi connectivity index (χ1n) is 9.23. The maximum Gasteiger partial charge on any atom is 0.264 e. The average molecular weight is 471 g/mol. The Morgan fingerprint density at radius 1 is 0.966 bits per heavy atom. The number of hydrogen-bond donors (Lipinski definition) is 1. The van der Waals surface area contributed by atoms with Crippen molar-refractivity contribution in [1.29, 1.82) is 0 Å². The topological polar surface area (TPSA) is 66.5 Å². The summed E-state index contributed by atoms with van der Waals surface area (Å²) in [5.74, 6) is -0.250. The second-order valence-electron chi connectivity index (χ2n) is 6.80. The molecular weight excluding hydrogens is 452 g/mol. The highest BCUT2D eigenvalue weighted by molar-refractivity contribution is 9.10. The quantitative estimate of drug-likeness (QED) is 0.592. The van der Waals surface area contributed by atoms with Gasteiger partial charge < -0.3 is 5.32 Å². The van der Waals surface area contributed by atoms with E-state index in [0.717, 1.165) is 22.9 Å². The summed E-state index contributed by atoms with van der Waals surface area (Å²) in [6.07, 6.45) is 1.55. The number of fused-ring (bicyclic) bond motifs is 1. The van der Waals surface area contributed by atoms with E-state index in [0.29, 0.717) is 23.5 Å². The molecule has 5 nitrogen and oxygen atoms in total. The van der Waals surface area contributed by atoms with Gasteiger partial charge in [-0.15, -0.1) is 0 Å². The van der Waals surface area contributed by atoms with E-state index in [-0.39, 0.29) is 10.8 Å². The van der Waals surface area contributed by atoms with Gasteiger partial charge in [0.15, 0.2) is 0 Å². The van der Waals surface area contributed by atoms with Gasteiger partial charge in [-0.1, -0.05) is 46.3 Å². The maximum atomic E-state index is 13.2. The number of sulfonamides is 1. The molecule has 3 aromatic carbocycles. The van der Waals surface area contributed by atoms with Crippen molar-refractivity contribution < 1.29 is 13.2 Å². The fourth-order valence-corrected chi connectivity index (χ4v) is 5.37. The summed E-state index contributed by atoms with van der Waals surface area (Å²) < 4.78 is 28.6. The van der Waals surface area contributed by atoms with E-state index in [4.69, 9.17) is 0 Å². The van der Waals surface area contributed by atoms with Crippen LogP contribution in [0.5, 0.6) is 0 Å². The molecule has 0 radical (unpaired) electrons. The van der Waals surface area contributed by atoms with Gasteiger partial charge in [-0.05, 0) is 60.9 Å². The Bertz CT molecular complexity index is 1160. The number of anilines is 2. The number of halogens is 1. The highest BCUT2D eigenvalue weighted by Gasteiger charge is 2.29. The van der Waals surface area contributed by atoms with Gasteiger partial charge >= 0.3 is 0 Å². The van der Waals surface area contributed by atoms with E-state index < -0.39 is 10.0 Å². The van der Waals surface area contributed by atoms with Crippen LogP contribution in [-0.2, 0) is 16.4 Å². The summed E-state index contributed by atoms with van der Waals surface area (Å²) in [4.78, 5) is 12.8. The van der Waals surface area contributed by atoms with Crippen LogP contribution in [0.15, 0.2) is 82.2 Å². The fourth-order valence-electron chi connectivity index (χ4n) is 3.42. The highest BCUT2D eigenvalue weighted by Crippen LogP contribution is 2.34. The van der Waals surface area contributed by atoms with Crippen LogP contribution in [0.1, 0.15) is 22.3 Å². The first-order valence-corrected chi connectivity index (χ1v) is 11.5. The van der Waals surface area contributed by atoms with Crippen molar-refractivity contribution in [3.8, 4) is 0 Å². The van der Waals surface area contributed by atoms with Crippen molar-refractivity contribution in [2.24, 2.45) is 0 Å². The molecular formula is C22H19BrN2O3S. The Hall–Kier alpha value is -2.64. The summed E-state index contributed by atoms with van der Waals surface area (Å²) in [7, 11) is -3.66. The number of carbonyl (C=O) groups is 1. The van der Waals surface area contributed by atoms with Crippen molar-refractivity contribution in [3.05, 3.63) is 88.4 Å². The smallest absolute Gasteiger partial charge is 0.264 e. The van der Waals surface area contributed by atoms with Crippen LogP contribution in [0.3, 0.4) is 0 Å². The molecule has 0 unspecified atom stereocenters. The molecule has 4 rings (SSSR count). The van der Waals surface area contributed by atoms with Crippen molar-refractivity contribution in [2.45, 2.75) is 17.7 Å². The number of carbonyl (C=O) groups excluding carboxylic acids is 1. The molecule has 1 aliphatic rings. The largest absolute Gasteiger partial charge is 0.322 e. The van der Waals surface area contributed by atoms with Gasteiger partial charge in [0.1, 0.15) is 0 Å². The molecule has 0 aliphatic carbocycles. The second kappa shape index (κ2) is 8.00. The molecule has 0 aromatic heterocycles. The van der Waals surface area contributed by atoms with Crippen molar-refractivity contribution >= 4 is 43.2 Å². The lowest BCUT2D eigenvalue weighted by molar-refractivity contribution is 0.102. The summed E-state index contributed by atoms with van der Waals surface area (Å²) in [5.41, 5.74) is 2.65. The molecule has 0 atom stereocenters. The first-order chi connectivity index (χ1) is 13.9. The van der Waals surface area contributed by atoms with E-state index in [9.17, 15) is 13.2 Å². The van der Waals surface area contributed by atoms with Crippen LogP contribution in [0.4, 0.5) is 11.4 Å². The molecule has 0 saturated carbocycles. The Kier molecular flexibility index (Phi) is 5.43. The predicted molar refractivity (Wildman–Crippen MR) is 118 cm³/mol. The van der Waals surface area contributed by atoms with Crippen molar-refractivity contribution in [2.75, 3.05) is 16.2 Å². The van der Waals surface area contributed by atoms with Crippen LogP contribution >= 0.6 is 15.9 Å². The molecule has 7 heteroatoms. The third-order valence-electron chi connectivity index (χ3n) is 4.84. The van der Waals surface area contributed by atoms with E-state index in [2.05, 4.69) is 21.2 Å². The lowest BCUT2D eigenvalue weighted by atomic mass is 10.0. The second-order valence-corrected chi connectivity index (χ2v) is 9.58. The van der Waals surface area contributed by atoms with Gasteiger partial charge in [0.2, 0.25) is 0 Å². The van der Waals surface area contributed by atoms with Gasteiger partial charge in [0.25, 0.3) is 15.9 Å². The normalized spacial score (nSPS) is 13.6. The van der Waals surface area contributed by atoms with Gasteiger partial charge in [-0.3, -0.25) is 9.10 Å². The van der Waals surface area contributed by atoms with E-state index >= 15 is 0 Å². The molecule has 29 heavy (non-hydrogen) atoms. The molecule has 148 valence electrons. The monoisotopic (exact) mass is 470 g/mol. The number of benzene rings is 3. The SMILES string of the molecule is O=C(Nc1ccc2c(c1)N(S(=O)(=O)c1ccccc1)CCC2)c1cccc(Br)c1. The number of nitrogens with one attached hydrogen (secondary N) is 1. The fraction of sp³-hybridized carbons (Fsp3) is 0.136. The standard InChI is InChI=1S/C22H19BrN2O3S/c23-18-8-4-6-17(14-18)22(26)24-19-12-11-16-7-5-13-25(21(16)15-19)29(27,28)20-9-2-1-3-10-20/h1-4,6,8-12,14-15H,5,7,13H2,(H,24,26). The van der Waals surface area contributed by atoms with Gasteiger partial charge in [0, 0.05) is 22.3 Å². The zero-order chi connectivity index (χ0) is 20.4. The lowest BCUT2D eigenvalue weighted by Crippen LogP contribution is -2.35. The van der Waals surface area contributed by atoms with Gasteiger partial charge in [0.05, 0.1) is 10.6 Å². The van der Waals surface area contributed by atoms with Gasteiger partial charge in [-0.25, -0.2) is 8.42 Å². The van der Waals surface area contributed by atoms with Crippen LogP contribution in [-0.4, -0.2) is 20.9 Å². The number of hydrogen-bond acceptors (Lipinski definition) is 3. The Labute approximate surface area is 178 Å². The third kappa shape index (κ3) is 4.06. The van der Waals surface area contributed by atoms with E-state index in [1.54, 1.807) is 54.6 Å². The summed E-state index contributed by atoms with van der Waals surface area (Å²) >= 11 is 3.36.